The van der Waals surface area contributed by atoms with Gasteiger partial charge in [-0.1, -0.05) is 0 Å². The first-order chi connectivity index (χ1) is 9.45. The van der Waals surface area contributed by atoms with Gasteiger partial charge in [0.1, 0.15) is 5.75 Å². The van der Waals surface area contributed by atoms with Crippen LogP contribution in [0.2, 0.25) is 0 Å². The summed E-state index contributed by atoms with van der Waals surface area (Å²) in [6.07, 6.45) is 0.135. The highest BCUT2D eigenvalue weighted by atomic mass is 32.1. The fourth-order valence-electron chi connectivity index (χ4n) is 1.92. The molecule has 1 aromatic heterocycles. The van der Waals surface area contributed by atoms with Crippen LogP contribution in [0.25, 0.3) is 11.3 Å². The maximum absolute atomic E-state index is 10.9. The molecule has 0 aliphatic carbocycles. The van der Waals surface area contributed by atoms with Crippen LogP contribution in [0.5, 0.6) is 5.75 Å². The van der Waals surface area contributed by atoms with Crippen molar-refractivity contribution in [3.8, 4) is 17.0 Å². The van der Waals surface area contributed by atoms with Crippen molar-refractivity contribution in [2.24, 2.45) is 0 Å². The Hall–Kier alpha value is -1.88. The van der Waals surface area contributed by atoms with Crippen molar-refractivity contribution in [3.05, 3.63) is 34.2 Å². The van der Waals surface area contributed by atoms with Crippen LogP contribution in [0.1, 0.15) is 23.7 Å². The van der Waals surface area contributed by atoms with Crippen LogP contribution in [0, 0.1) is 6.92 Å². The Labute approximate surface area is 122 Å². The number of hydrogen-bond donors (Lipinski definition) is 1. The summed E-state index contributed by atoms with van der Waals surface area (Å²) in [5.41, 5.74) is 1.67. The number of carboxylic acids is 1. The zero-order chi connectivity index (χ0) is 14.7. The van der Waals surface area contributed by atoms with Crippen LogP contribution < -0.4 is 4.74 Å². The third kappa shape index (κ3) is 3.57. The lowest BCUT2D eigenvalue weighted by atomic mass is 10.1. The van der Waals surface area contributed by atoms with Gasteiger partial charge >= 0.3 is 5.97 Å². The van der Waals surface area contributed by atoms with Gasteiger partial charge in [0.2, 0.25) is 0 Å². The lowest BCUT2D eigenvalue weighted by molar-refractivity contribution is -0.136. The van der Waals surface area contributed by atoms with E-state index in [-0.39, 0.29) is 12.5 Å². The summed E-state index contributed by atoms with van der Waals surface area (Å²) < 4.78 is 5.59. The smallest absolute Gasteiger partial charge is 0.308 e. The quantitative estimate of drug-likeness (QED) is 0.915. The predicted molar refractivity (Wildman–Crippen MR) is 79.4 cm³/mol. The minimum atomic E-state index is -0.838. The Morgan fingerprint density at radius 2 is 2.00 bits per heavy atom. The zero-order valence-electron chi connectivity index (χ0n) is 11.7. The summed E-state index contributed by atoms with van der Waals surface area (Å²) in [5.74, 6) is -0.0369. The molecule has 0 bridgehead atoms. The number of nitrogens with zero attached hydrogens (tertiary/aromatic N) is 1. The van der Waals surface area contributed by atoms with Gasteiger partial charge in [0.15, 0.2) is 0 Å². The molecule has 0 unspecified atom stereocenters. The first-order valence-corrected chi connectivity index (χ1v) is 7.22. The van der Waals surface area contributed by atoms with E-state index in [1.165, 1.54) is 11.3 Å². The van der Waals surface area contributed by atoms with Crippen molar-refractivity contribution in [2.45, 2.75) is 33.3 Å². The van der Waals surface area contributed by atoms with Crippen molar-refractivity contribution in [2.75, 3.05) is 0 Å². The highest BCUT2D eigenvalue weighted by Gasteiger charge is 2.14. The van der Waals surface area contributed by atoms with Crippen molar-refractivity contribution in [3.63, 3.8) is 0 Å². The molecular weight excluding hydrogens is 274 g/mol. The number of aryl methyl sites for hydroxylation is 1. The standard InChI is InChI=1S/C15H17NO3S/c1-9(2)19-12-6-4-11(5-7-12)15-13(8-14(17)18)20-10(3)16-15/h4-7,9H,8H2,1-3H3,(H,17,18). The Morgan fingerprint density at radius 1 is 1.35 bits per heavy atom. The van der Waals surface area contributed by atoms with Gasteiger partial charge in [0.05, 0.1) is 23.2 Å². The van der Waals surface area contributed by atoms with Gasteiger partial charge < -0.3 is 9.84 Å². The number of thiazole rings is 1. The summed E-state index contributed by atoms with van der Waals surface area (Å²) >= 11 is 1.43. The third-order valence-corrected chi connectivity index (χ3v) is 3.59. The maximum atomic E-state index is 10.9. The van der Waals surface area contributed by atoms with Gasteiger partial charge in [0.25, 0.3) is 0 Å². The van der Waals surface area contributed by atoms with E-state index in [1.54, 1.807) is 0 Å². The molecule has 0 amide bonds. The molecule has 1 N–H and O–H groups in total. The van der Waals surface area contributed by atoms with Gasteiger partial charge in [-0.2, -0.15) is 0 Å². The zero-order valence-corrected chi connectivity index (χ0v) is 12.5. The Kier molecular flexibility index (Phi) is 4.39. The van der Waals surface area contributed by atoms with Crippen molar-refractivity contribution in [1.29, 1.82) is 0 Å². The van der Waals surface area contributed by atoms with Crippen LogP contribution in [0.3, 0.4) is 0 Å². The summed E-state index contributed by atoms with van der Waals surface area (Å²) in [7, 11) is 0. The normalized spacial score (nSPS) is 10.8. The van der Waals surface area contributed by atoms with Crippen LogP contribution in [-0.4, -0.2) is 22.2 Å². The molecule has 2 aromatic rings. The molecule has 106 valence electrons. The molecule has 0 aliphatic rings. The molecule has 1 aromatic carbocycles. The van der Waals surface area contributed by atoms with E-state index in [1.807, 2.05) is 45.0 Å². The van der Waals surface area contributed by atoms with E-state index in [4.69, 9.17) is 9.84 Å². The van der Waals surface area contributed by atoms with E-state index in [0.717, 1.165) is 26.9 Å². The highest BCUT2D eigenvalue weighted by molar-refractivity contribution is 7.12. The SMILES string of the molecule is Cc1nc(-c2ccc(OC(C)C)cc2)c(CC(=O)O)s1. The monoisotopic (exact) mass is 291 g/mol. The summed E-state index contributed by atoms with van der Waals surface area (Å²) in [6.45, 7) is 5.83. The summed E-state index contributed by atoms with van der Waals surface area (Å²) in [6, 6.07) is 7.60. The minimum absolute atomic E-state index is 0.00505. The number of carboxylic acid groups (broad SMARTS) is 1. The molecule has 1 heterocycles. The average Bonchev–Trinajstić information content (AvgIpc) is 2.69. The van der Waals surface area contributed by atoms with Gasteiger partial charge in [-0.05, 0) is 45.0 Å². The Balaban J connectivity index is 2.29. The maximum Gasteiger partial charge on any atom is 0.308 e. The number of aromatic nitrogens is 1. The van der Waals surface area contributed by atoms with Crippen LogP contribution in [0.15, 0.2) is 24.3 Å². The molecule has 0 aliphatic heterocycles. The number of rotatable bonds is 5. The van der Waals surface area contributed by atoms with Gasteiger partial charge in [-0.15, -0.1) is 11.3 Å². The molecule has 0 spiro atoms. The van der Waals surface area contributed by atoms with Crippen molar-refractivity contribution >= 4 is 17.3 Å². The first-order valence-electron chi connectivity index (χ1n) is 6.41. The van der Waals surface area contributed by atoms with Gasteiger partial charge in [-0.25, -0.2) is 4.98 Å². The molecule has 0 saturated carbocycles. The van der Waals surface area contributed by atoms with Gasteiger partial charge in [-0.3, -0.25) is 4.79 Å². The fourth-order valence-corrected chi connectivity index (χ4v) is 2.86. The minimum Gasteiger partial charge on any atom is -0.491 e. The van der Waals surface area contributed by atoms with E-state index in [0.29, 0.717) is 0 Å². The largest absolute Gasteiger partial charge is 0.491 e. The molecule has 0 saturated heterocycles. The number of carbonyl (C=O) groups is 1. The Morgan fingerprint density at radius 3 is 2.55 bits per heavy atom. The predicted octanol–water partition coefficient (Wildman–Crippen LogP) is 3.53. The number of ether oxygens (including phenoxy) is 1. The van der Waals surface area contributed by atoms with E-state index < -0.39 is 5.97 Å². The van der Waals surface area contributed by atoms with Crippen molar-refractivity contribution in [1.82, 2.24) is 4.98 Å². The lowest BCUT2D eigenvalue weighted by Gasteiger charge is -2.09. The first kappa shape index (κ1) is 14.5. The molecular formula is C15H17NO3S. The molecule has 20 heavy (non-hydrogen) atoms. The van der Waals surface area contributed by atoms with E-state index in [9.17, 15) is 4.79 Å². The van der Waals surface area contributed by atoms with Crippen molar-refractivity contribution < 1.29 is 14.6 Å². The topological polar surface area (TPSA) is 59.4 Å². The number of aliphatic carboxylic acids is 1. The van der Waals surface area contributed by atoms with E-state index in [2.05, 4.69) is 4.98 Å². The molecule has 0 atom stereocenters. The highest BCUT2D eigenvalue weighted by Crippen LogP contribution is 2.29. The second kappa shape index (κ2) is 6.05. The Bertz CT molecular complexity index is 602. The third-order valence-electron chi connectivity index (χ3n) is 2.62. The second-order valence-electron chi connectivity index (χ2n) is 4.77. The number of hydrogen-bond acceptors (Lipinski definition) is 4. The number of benzene rings is 1. The van der Waals surface area contributed by atoms with Crippen LogP contribution in [0.4, 0.5) is 0 Å². The van der Waals surface area contributed by atoms with Gasteiger partial charge in [0, 0.05) is 10.4 Å². The van der Waals surface area contributed by atoms with Crippen LogP contribution >= 0.6 is 11.3 Å². The summed E-state index contributed by atoms with van der Waals surface area (Å²) in [5, 5.41) is 9.82. The molecule has 0 radical (unpaired) electrons. The molecule has 4 nitrogen and oxygen atoms in total. The fraction of sp³-hybridized carbons (Fsp3) is 0.333. The molecule has 5 heteroatoms. The van der Waals surface area contributed by atoms with Crippen LogP contribution in [-0.2, 0) is 11.2 Å². The average molecular weight is 291 g/mol. The molecule has 0 fully saturated rings. The lowest BCUT2D eigenvalue weighted by Crippen LogP contribution is -2.05. The second-order valence-corrected chi connectivity index (χ2v) is 6.05. The summed E-state index contributed by atoms with van der Waals surface area (Å²) in [4.78, 5) is 16.1. The van der Waals surface area contributed by atoms with E-state index >= 15 is 0 Å². The molecule has 2 rings (SSSR count).